The van der Waals surface area contributed by atoms with Gasteiger partial charge in [-0.3, -0.25) is 0 Å². The zero-order valence-electron chi connectivity index (χ0n) is 10.4. The third kappa shape index (κ3) is 2.01. The van der Waals surface area contributed by atoms with Gasteiger partial charge >= 0.3 is 5.97 Å². The maximum Gasteiger partial charge on any atom is 0.341 e. The fourth-order valence-corrected chi connectivity index (χ4v) is 1.85. The molecular formula is C12H16N2O4. The summed E-state index contributed by atoms with van der Waals surface area (Å²) in [6.45, 7) is 3.46. The number of nitrogen functional groups attached to an aromatic ring is 1. The lowest BCUT2D eigenvalue weighted by Gasteiger charge is -2.24. The van der Waals surface area contributed by atoms with Crippen molar-refractivity contribution in [1.82, 2.24) is 0 Å². The van der Waals surface area contributed by atoms with Crippen LogP contribution in [0.5, 0.6) is 11.5 Å². The highest BCUT2D eigenvalue weighted by molar-refractivity contribution is 5.98. The van der Waals surface area contributed by atoms with Crippen LogP contribution < -0.4 is 20.5 Å². The van der Waals surface area contributed by atoms with Gasteiger partial charge in [0.1, 0.15) is 24.5 Å². The standard InChI is InChI=1S/C12H16N2O4/c1-3-14-9-8(13)6-7(12(15)16-2)10-11(9)18-5-4-17-10/h6,14H,3-5,13H2,1-2H3. The Hall–Kier alpha value is -2.11. The van der Waals surface area contributed by atoms with Crippen LogP contribution in [-0.2, 0) is 4.74 Å². The normalized spacial score (nSPS) is 13.0. The molecule has 0 radical (unpaired) electrons. The van der Waals surface area contributed by atoms with Gasteiger partial charge in [-0.15, -0.1) is 0 Å². The summed E-state index contributed by atoms with van der Waals surface area (Å²) in [5, 5.41) is 3.11. The first-order valence-electron chi connectivity index (χ1n) is 5.73. The second-order valence-corrected chi connectivity index (χ2v) is 3.77. The molecule has 1 heterocycles. The van der Waals surface area contributed by atoms with E-state index in [2.05, 4.69) is 5.32 Å². The van der Waals surface area contributed by atoms with E-state index in [4.69, 9.17) is 19.9 Å². The molecule has 1 aromatic rings. The van der Waals surface area contributed by atoms with E-state index in [1.807, 2.05) is 6.92 Å². The molecule has 1 aliphatic heterocycles. The molecule has 0 unspecified atom stereocenters. The summed E-state index contributed by atoms with van der Waals surface area (Å²) in [7, 11) is 1.31. The maximum atomic E-state index is 11.7. The van der Waals surface area contributed by atoms with E-state index in [0.29, 0.717) is 42.6 Å². The van der Waals surface area contributed by atoms with Gasteiger partial charge in [0, 0.05) is 6.54 Å². The predicted molar refractivity (Wildman–Crippen MR) is 67.3 cm³/mol. The summed E-state index contributed by atoms with van der Waals surface area (Å²) in [5.41, 5.74) is 7.29. The van der Waals surface area contributed by atoms with E-state index >= 15 is 0 Å². The maximum absolute atomic E-state index is 11.7. The fraction of sp³-hybridized carbons (Fsp3) is 0.417. The molecule has 0 fully saturated rings. The highest BCUT2D eigenvalue weighted by atomic mass is 16.6. The van der Waals surface area contributed by atoms with Crippen molar-refractivity contribution in [1.29, 1.82) is 0 Å². The lowest BCUT2D eigenvalue weighted by Crippen LogP contribution is -2.20. The lowest BCUT2D eigenvalue weighted by atomic mass is 10.1. The number of hydrogen-bond donors (Lipinski definition) is 2. The van der Waals surface area contributed by atoms with E-state index in [-0.39, 0.29) is 5.56 Å². The molecule has 1 aromatic carbocycles. The minimum Gasteiger partial charge on any atom is -0.485 e. The molecule has 0 aromatic heterocycles. The van der Waals surface area contributed by atoms with E-state index in [1.165, 1.54) is 13.2 Å². The van der Waals surface area contributed by atoms with Gasteiger partial charge < -0.3 is 25.3 Å². The second-order valence-electron chi connectivity index (χ2n) is 3.77. The average molecular weight is 252 g/mol. The van der Waals surface area contributed by atoms with Crippen LogP contribution in [0.4, 0.5) is 11.4 Å². The quantitative estimate of drug-likeness (QED) is 0.622. The summed E-state index contributed by atoms with van der Waals surface area (Å²) in [4.78, 5) is 11.7. The Morgan fingerprint density at radius 1 is 1.44 bits per heavy atom. The number of fused-ring (bicyclic) bond motifs is 1. The second kappa shape index (κ2) is 5.03. The van der Waals surface area contributed by atoms with Gasteiger partial charge in [-0.25, -0.2) is 4.79 Å². The minimum absolute atomic E-state index is 0.284. The van der Waals surface area contributed by atoms with E-state index < -0.39 is 5.97 Å². The van der Waals surface area contributed by atoms with E-state index in [0.717, 1.165) is 0 Å². The predicted octanol–water partition coefficient (Wildman–Crippen LogP) is 1.26. The number of esters is 1. The smallest absolute Gasteiger partial charge is 0.341 e. The molecule has 0 bridgehead atoms. The number of nitrogens with two attached hydrogens (primary N) is 1. The average Bonchev–Trinajstić information content (AvgIpc) is 2.41. The van der Waals surface area contributed by atoms with Gasteiger partial charge in [-0.2, -0.15) is 0 Å². The van der Waals surface area contributed by atoms with Crippen LogP contribution in [-0.4, -0.2) is 32.8 Å². The Labute approximate surface area is 105 Å². The Kier molecular flexibility index (Phi) is 3.45. The lowest BCUT2D eigenvalue weighted by molar-refractivity contribution is 0.0590. The monoisotopic (exact) mass is 252 g/mol. The molecule has 2 rings (SSSR count). The van der Waals surface area contributed by atoms with Crippen molar-refractivity contribution in [3.63, 3.8) is 0 Å². The molecule has 18 heavy (non-hydrogen) atoms. The van der Waals surface area contributed by atoms with Gasteiger partial charge in [-0.1, -0.05) is 0 Å². The van der Waals surface area contributed by atoms with Crippen molar-refractivity contribution in [2.24, 2.45) is 0 Å². The molecule has 0 saturated heterocycles. The van der Waals surface area contributed by atoms with Crippen LogP contribution in [0, 0.1) is 0 Å². The Morgan fingerprint density at radius 2 is 2.11 bits per heavy atom. The highest BCUT2D eigenvalue weighted by Gasteiger charge is 2.26. The van der Waals surface area contributed by atoms with Gasteiger partial charge in [0.2, 0.25) is 0 Å². The molecular weight excluding hydrogens is 236 g/mol. The number of rotatable bonds is 3. The first-order chi connectivity index (χ1) is 8.69. The number of nitrogens with one attached hydrogen (secondary N) is 1. The van der Waals surface area contributed by atoms with Crippen molar-refractivity contribution in [2.45, 2.75) is 6.92 Å². The van der Waals surface area contributed by atoms with Crippen molar-refractivity contribution < 1.29 is 19.0 Å². The van der Waals surface area contributed by atoms with Crippen molar-refractivity contribution >= 4 is 17.3 Å². The molecule has 0 saturated carbocycles. The summed E-state index contributed by atoms with van der Waals surface area (Å²) >= 11 is 0. The summed E-state index contributed by atoms with van der Waals surface area (Å²) in [5.74, 6) is 0.369. The number of ether oxygens (including phenoxy) is 3. The van der Waals surface area contributed by atoms with Gasteiger partial charge in [-0.05, 0) is 13.0 Å². The Balaban J connectivity index is 2.57. The molecule has 3 N–H and O–H groups in total. The van der Waals surface area contributed by atoms with Crippen LogP contribution in [0.3, 0.4) is 0 Å². The van der Waals surface area contributed by atoms with Crippen LogP contribution in [0.25, 0.3) is 0 Å². The topological polar surface area (TPSA) is 82.8 Å². The van der Waals surface area contributed by atoms with Crippen molar-refractivity contribution in [2.75, 3.05) is 37.9 Å². The number of hydrogen-bond acceptors (Lipinski definition) is 6. The molecule has 6 nitrogen and oxygen atoms in total. The SMILES string of the molecule is CCNc1c(N)cc(C(=O)OC)c2c1OCCO2. The van der Waals surface area contributed by atoms with Crippen LogP contribution in [0.1, 0.15) is 17.3 Å². The zero-order chi connectivity index (χ0) is 13.1. The Morgan fingerprint density at radius 3 is 2.72 bits per heavy atom. The molecule has 0 amide bonds. The molecule has 98 valence electrons. The fourth-order valence-electron chi connectivity index (χ4n) is 1.85. The molecule has 0 atom stereocenters. The van der Waals surface area contributed by atoms with Gasteiger partial charge in [0.15, 0.2) is 11.5 Å². The van der Waals surface area contributed by atoms with Crippen LogP contribution in [0.15, 0.2) is 6.07 Å². The molecule has 0 spiro atoms. The zero-order valence-corrected chi connectivity index (χ0v) is 10.4. The van der Waals surface area contributed by atoms with Crippen LogP contribution in [0.2, 0.25) is 0 Å². The molecule has 1 aliphatic rings. The first kappa shape index (κ1) is 12.3. The van der Waals surface area contributed by atoms with Gasteiger partial charge in [0.25, 0.3) is 0 Å². The number of carbonyl (C=O) groups excluding carboxylic acids is 1. The van der Waals surface area contributed by atoms with E-state index in [9.17, 15) is 4.79 Å². The minimum atomic E-state index is -0.494. The number of anilines is 2. The first-order valence-corrected chi connectivity index (χ1v) is 5.73. The summed E-state index contributed by atoms with van der Waals surface area (Å²) in [6.07, 6.45) is 0. The van der Waals surface area contributed by atoms with Crippen LogP contribution >= 0.6 is 0 Å². The summed E-state index contributed by atoms with van der Waals surface area (Å²) in [6, 6.07) is 1.54. The molecule has 0 aliphatic carbocycles. The Bertz CT molecular complexity index is 474. The molecule has 6 heteroatoms. The number of benzene rings is 1. The summed E-state index contributed by atoms with van der Waals surface area (Å²) < 4.78 is 15.8. The van der Waals surface area contributed by atoms with Crippen molar-refractivity contribution in [3.05, 3.63) is 11.6 Å². The largest absolute Gasteiger partial charge is 0.485 e. The third-order valence-electron chi connectivity index (χ3n) is 2.60. The highest BCUT2D eigenvalue weighted by Crippen LogP contribution is 2.44. The number of carbonyl (C=O) groups is 1. The number of methoxy groups -OCH3 is 1. The third-order valence-corrected chi connectivity index (χ3v) is 2.60. The van der Waals surface area contributed by atoms with E-state index in [1.54, 1.807) is 0 Å². The van der Waals surface area contributed by atoms with Gasteiger partial charge in [0.05, 0.1) is 12.8 Å². The van der Waals surface area contributed by atoms with Crippen molar-refractivity contribution in [3.8, 4) is 11.5 Å².